The Kier molecular flexibility index (Phi) is 8.12. The zero-order chi connectivity index (χ0) is 24.8. The molecule has 1 heterocycles. The Morgan fingerprint density at radius 2 is 1.44 bits per heavy atom. The molecule has 8 heteroatoms. The summed E-state index contributed by atoms with van der Waals surface area (Å²) < 4.78 is 11.3. The van der Waals surface area contributed by atoms with E-state index in [1.54, 1.807) is 76.2 Å². The quantitative estimate of drug-likeness (QED) is 0.197. The van der Waals surface area contributed by atoms with Crippen LogP contribution < -0.4 is 5.32 Å². The van der Waals surface area contributed by atoms with Crippen LogP contribution in [0.25, 0.3) is 0 Å². The molecule has 1 aliphatic heterocycles. The average molecular weight is 483 g/mol. The lowest BCUT2D eigenvalue weighted by atomic mass is 9.80. The zero-order valence-corrected chi connectivity index (χ0v) is 20.3. The number of hydrogen-bond acceptors (Lipinski definition) is 6. The lowest BCUT2D eigenvalue weighted by Gasteiger charge is -2.30. The molecule has 0 bridgehead atoms. The normalized spacial score (nSPS) is 14.7. The summed E-state index contributed by atoms with van der Waals surface area (Å²) >= 11 is 5.90. The molecule has 0 saturated heterocycles. The number of carbonyl (C=O) groups is 2. The number of esters is 2. The van der Waals surface area contributed by atoms with Gasteiger partial charge in [-0.05, 0) is 57.5 Å². The Hall–Kier alpha value is -3.58. The van der Waals surface area contributed by atoms with Crippen molar-refractivity contribution >= 4 is 35.4 Å². The summed E-state index contributed by atoms with van der Waals surface area (Å²) in [6.45, 7) is 7.37. The number of dihydropyridines is 1. The fraction of sp³-hybridized carbons (Fsp3) is 0.269. The molecule has 0 saturated carbocycles. The maximum absolute atomic E-state index is 12.9. The van der Waals surface area contributed by atoms with Gasteiger partial charge in [-0.15, -0.1) is 0 Å². The molecule has 0 aliphatic carbocycles. The first kappa shape index (κ1) is 25.1. The highest BCUT2D eigenvalue weighted by atomic mass is 35.5. The van der Waals surface area contributed by atoms with Crippen LogP contribution in [0.5, 0.6) is 0 Å². The molecule has 1 aliphatic rings. The summed E-state index contributed by atoms with van der Waals surface area (Å²) in [7, 11) is 0. The van der Waals surface area contributed by atoms with Gasteiger partial charge in [0.1, 0.15) is 0 Å². The predicted molar refractivity (Wildman–Crippen MR) is 131 cm³/mol. The Morgan fingerprint density at radius 3 is 1.91 bits per heavy atom. The summed E-state index contributed by atoms with van der Waals surface area (Å²) in [6.07, 6.45) is 1.44. The van der Waals surface area contributed by atoms with Crippen LogP contribution in [-0.4, -0.2) is 36.1 Å². The predicted octanol–water partition coefficient (Wildman–Crippen LogP) is 4.96. The number of ether oxygens (including phenoxy) is 2. The van der Waals surface area contributed by atoms with E-state index in [1.165, 1.54) is 6.21 Å². The third kappa shape index (κ3) is 5.48. The Labute approximate surface area is 203 Å². The van der Waals surface area contributed by atoms with Crippen molar-refractivity contribution in [2.45, 2.75) is 33.6 Å². The molecule has 2 aromatic carbocycles. The highest BCUT2D eigenvalue weighted by Crippen LogP contribution is 2.39. The van der Waals surface area contributed by atoms with Crippen LogP contribution in [-0.2, 0) is 19.1 Å². The Bertz CT molecular complexity index is 1120. The smallest absolute Gasteiger partial charge is 0.336 e. The second-order valence-corrected chi connectivity index (χ2v) is 8.11. The van der Waals surface area contributed by atoms with E-state index in [0.717, 1.165) is 4.74 Å². The summed E-state index contributed by atoms with van der Waals surface area (Å²) in [5, 5.41) is 16.3. The van der Waals surface area contributed by atoms with E-state index in [2.05, 4.69) is 5.32 Å². The molecule has 178 valence electrons. The van der Waals surface area contributed by atoms with Gasteiger partial charge in [-0.1, -0.05) is 23.7 Å². The SMILES string of the molecule is CCOC(=O)C1=C(C)NC(C)=C(C(=O)OCC)C1c1ccc(/[N+]([O-])=C/c2ccc(Cl)cc2)cc1. The van der Waals surface area contributed by atoms with Gasteiger partial charge in [-0.3, -0.25) is 0 Å². The van der Waals surface area contributed by atoms with E-state index in [4.69, 9.17) is 21.1 Å². The summed E-state index contributed by atoms with van der Waals surface area (Å²) in [4.78, 5) is 25.7. The molecular formula is C26H27ClN2O5. The molecule has 34 heavy (non-hydrogen) atoms. The molecule has 7 nitrogen and oxygen atoms in total. The van der Waals surface area contributed by atoms with Crippen LogP contribution in [0.15, 0.2) is 71.1 Å². The van der Waals surface area contributed by atoms with Gasteiger partial charge in [0, 0.05) is 34.1 Å². The van der Waals surface area contributed by atoms with Crippen LogP contribution in [0.3, 0.4) is 0 Å². The first-order chi connectivity index (χ1) is 16.3. The van der Waals surface area contributed by atoms with Crippen molar-refractivity contribution in [3.05, 3.63) is 92.4 Å². The van der Waals surface area contributed by atoms with Gasteiger partial charge in [0.25, 0.3) is 0 Å². The third-order valence-corrected chi connectivity index (χ3v) is 5.62. The average Bonchev–Trinajstić information content (AvgIpc) is 2.80. The lowest BCUT2D eigenvalue weighted by molar-refractivity contribution is -0.354. The minimum absolute atomic E-state index is 0.199. The van der Waals surface area contributed by atoms with Crippen LogP contribution in [0, 0.1) is 5.21 Å². The van der Waals surface area contributed by atoms with E-state index < -0.39 is 17.9 Å². The highest BCUT2D eigenvalue weighted by molar-refractivity contribution is 6.30. The van der Waals surface area contributed by atoms with Crippen molar-refractivity contribution in [2.75, 3.05) is 13.2 Å². The molecule has 0 amide bonds. The van der Waals surface area contributed by atoms with Crippen molar-refractivity contribution in [1.82, 2.24) is 5.32 Å². The number of nitrogens with zero attached hydrogens (tertiary/aromatic N) is 1. The maximum atomic E-state index is 12.9. The van der Waals surface area contributed by atoms with Gasteiger partial charge in [-0.25, -0.2) is 9.59 Å². The standard InChI is InChI=1S/C26H27ClN2O5/c1-5-33-25(30)22-16(3)28-17(4)23(26(31)34-6-2)24(22)19-9-13-21(14-10-19)29(32)15-18-7-11-20(27)12-8-18/h7-15,24,28H,5-6H2,1-4H3/b29-15-. The largest absolute Gasteiger partial charge is 0.618 e. The highest BCUT2D eigenvalue weighted by Gasteiger charge is 2.38. The van der Waals surface area contributed by atoms with E-state index in [-0.39, 0.29) is 13.2 Å². The number of benzene rings is 2. The first-order valence-electron chi connectivity index (χ1n) is 11.0. The van der Waals surface area contributed by atoms with Crippen LogP contribution in [0.1, 0.15) is 44.7 Å². The number of nitrogens with one attached hydrogen (secondary N) is 1. The van der Waals surface area contributed by atoms with Crippen molar-refractivity contribution in [2.24, 2.45) is 0 Å². The molecule has 0 spiro atoms. The molecule has 0 fully saturated rings. The van der Waals surface area contributed by atoms with Gasteiger partial charge in [0.15, 0.2) is 6.21 Å². The lowest BCUT2D eigenvalue weighted by Crippen LogP contribution is -2.32. The number of allylic oxidation sites excluding steroid dienone is 2. The van der Waals surface area contributed by atoms with E-state index in [0.29, 0.717) is 44.4 Å². The molecule has 0 aromatic heterocycles. The van der Waals surface area contributed by atoms with Crippen molar-refractivity contribution in [3.63, 3.8) is 0 Å². The number of rotatable bonds is 7. The summed E-state index contributed by atoms with van der Waals surface area (Å²) in [5.41, 5.74) is 3.61. The monoisotopic (exact) mass is 482 g/mol. The van der Waals surface area contributed by atoms with Gasteiger partial charge in [0.05, 0.1) is 30.3 Å². The topological polar surface area (TPSA) is 90.7 Å². The second kappa shape index (κ2) is 11.0. The maximum Gasteiger partial charge on any atom is 0.336 e. The molecule has 0 atom stereocenters. The van der Waals surface area contributed by atoms with Gasteiger partial charge >= 0.3 is 11.9 Å². The second-order valence-electron chi connectivity index (χ2n) is 7.67. The fourth-order valence-electron chi connectivity index (χ4n) is 3.86. The van der Waals surface area contributed by atoms with Crippen molar-refractivity contribution in [3.8, 4) is 0 Å². The molecule has 1 N–H and O–H groups in total. The Balaban J connectivity index is 2.03. The van der Waals surface area contributed by atoms with Crippen LogP contribution in [0.2, 0.25) is 5.02 Å². The fourth-order valence-corrected chi connectivity index (χ4v) is 3.98. The van der Waals surface area contributed by atoms with E-state index in [1.807, 2.05) is 0 Å². The number of hydrogen-bond donors (Lipinski definition) is 1. The summed E-state index contributed by atoms with van der Waals surface area (Å²) in [5.74, 6) is -1.73. The van der Waals surface area contributed by atoms with Gasteiger partial charge in [-0.2, -0.15) is 4.74 Å². The molecule has 2 aromatic rings. The molecule has 3 rings (SSSR count). The van der Waals surface area contributed by atoms with Crippen LogP contribution in [0.4, 0.5) is 5.69 Å². The minimum Gasteiger partial charge on any atom is -0.618 e. The first-order valence-corrected chi connectivity index (χ1v) is 11.3. The van der Waals surface area contributed by atoms with Crippen molar-refractivity contribution in [1.29, 1.82) is 0 Å². The zero-order valence-electron chi connectivity index (χ0n) is 19.6. The summed E-state index contributed by atoms with van der Waals surface area (Å²) in [6, 6.07) is 13.6. The third-order valence-electron chi connectivity index (χ3n) is 5.37. The van der Waals surface area contributed by atoms with Crippen molar-refractivity contribution < 1.29 is 23.8 Å². The van der Waals surface area contributed by atoms with Gasteiger partial charge < -0.3 is 20.0 Å². The van der Waals surface area contributed by atoms with E-state index in [9.17, 15) is 14.8 Å². The molecule has 0 unspecified atom stereocenters. The van der Waals surface area contributed by atoms with E-state index >= 15 is 0 Å². The molecular weight excluding hydrogens is 456 g/mol. The minimum atomic E-state index is -0.700. The number of halogens is 1. The molecule has 0 radical (unpaired) electrons. The number of carbonyl (C=O) groups excluding carboxylic acids is 2. The van der Waals surface area contributed by atoms with Crippen LogP contribution >= 0.6 is 11.6 Å². The Morgan fingerprint density at radius 1 is 0.941 bits per heavy atom. The van der Waals surface area contributed by atoms with Gasteiger partial charge in [0.2, 0.25) is 5.69 Å².